The molecule has 0 spiro atoms. The molecule has 3 rings (SSSR count). The Morgan fingerprint density at radius 1 is 1.23 bits per heavy atom. The van der Waals surface area contributed by atoms with E-state index in [1.165, 1.54) is 19.2 Å². The average molecular weight is 415 g/mol. The van der Waals surface area contributed by atoms with Gasteiger partial charge in [-0.25, -0.2) is 9.18 Å². The summed E-state index contributed by atoms with van der Waals surface area (Å²) in [6.45, 7) is 5.71. The minimum absolute atomic E-state index is 0.243. The number of esters is 2. The van der Waals surface area contributed by atoms with Crippen LogP contribution >= 0.6 is 0 Å². The molecule has 3 atom stereocenters. The van der Waals surface area contributed by atoms with Crippen molar-refractivity contribution >= 4 is 17.7 Å². The lowest BCUT2D eigenvalue weighted by molar-refractivity contribution is -0.151. The van der Waals surface area contributed by atoms with Crippen LogP contribution in [0.4, 0.5) is 4.39 Å². The van der Waals surface area contributed by atoms with Crippen LogP contribution in [0, 0.1) is 17.7 Å². The predicted octanol–water partition coefficient (Wildman–Crippen LogP) is 3.39. The first kappa shape index (κ1) is 21.7. The molecule has 0 saturated heterocycles. The van der Waals surface area contributed by atoms with Crippen LogP contribution in [0.25, 0.3) is 0 Å². The Bertz CT molecular complexity index is 931. The third kappa shape index (κ3) is 3.88. The summed E-state index contributed by atoms with van der Waals surface area (Å²) in [5.74, 6) is -3.91. The second-order valence-corrected chi connectivity index (χ2v) is 7.72. The highest BCUT2D eigenvalue weighted by Gasteiger charge is 2.47. The number of ketones is 1. The fourth-order valence-corrected chi connectivity index (χ4v) is 4.21. The SMILES string of the molecule is CCCOC(=O)C1=C(C)NC2=C(C(=O)[C@H](C(=O)OC)[C@H](C)C2)[C@H]1c1ccc(F)cc1. The zero-order valence-electron chi connectivity index (χ0n) is 17.6. The number of dihydropyridines is 1. The van der Waals surface area contributed by atoms with E-state index in [1.54, 1.807) is 19.1 Å². The van der Waals surface area contributed by atoms with Gasteiger partial charge in [0.1, 0.15) is 11.7 Å². The number of carbonyl (C=O) groups is 3. The Morgan fingerprint density at radius 3 is 2.50 bits per heavy atom. The van der Waals surface area contributed by atoms with E-state index in [0.29, 0.717) is 40.9 Å². The number of hydrogen-bond acceptors (Lipinski definition) is 6. The Morgan fingerprint density at radius 2 is 1.90 bits per heavy atom. The predicted molar refractivity (Wildman–Crippen MR) is 108 cm³/mol. The Labute approximate surface area is 175 Å². The van der Waals surface area contributed by atoms with Crippen molar-refractivity contribution < 1.29 is 28.2 Å². The molecule has 0 radical (unpaired) electrons. The van der Waals surface area contributed by atoms with Gasteiger partial charge in [-0.15, -0.1) is 0 Å². The summed E-state index contributed by atoms with van der Waals surface area (Å²) in [6, 6.07) is 5.68. The van der Waals surface area contributed by atoms with Crippen LogP contribution in [-0.2, 0) is 23.9 Å². The smallest absolute Gasteiger partial charge is 0.336 e. The minimum atomic E-state index is -0.954. The summed E-state index contributed by atoms with van der Waals surface area (Å²) in [5, 5.41) is 3.19. The Kier molecular flexibility index (Phi) is 6.39. The van der Waals surface area contributed by atoms with E-state index in [-0.39, 0.29) is 18.3 Å². The standard InChI is InChI=1S/C23H26FNO5/c1-5-10-30-23(28)18-13(3)25-16-11-12(2)17(22(27)29-4)21(26)20(16)19(18)14-6-8-15(24)9-7-14/h6-9,12,17,19,25H,5,10-11H2,1-4H3/t12-,17-,19+/m1/s1. The van der Waals surface area contributed by atoms with Crippen LogP contribution < -0.4 is 5.32 Å². The van der Waals surface area contributed by atoms with Crippen LogP contribution in [0.2, 0.25) is 0 Å². The van der Waals surface area contributed by atoms with Crippen LogP contribution in [0.1, 0.15) is 45.1 Å². The molecule has 1 aromatic rings. The van der Waals surface area contributed by atoms with E-state index in [4.69, 9.17) is 9.47 Å². The molecule has 1 aromatic carbocycles. The van der Waals surface area contributed by atoms with E-state index in [1.807, 2.05) is 13.8 Å². The van der Waals surface area contributed by atoms with Gasteiger partial charge in [0.25, 0.3) is 0 Å². The maximum absolute atomic E-state index is 13.6. The second kappa shape index (κ2) is 8.81. The number of rotatable bonds is 5. The normalized spacial score (nSPS) is 23.6. The van der Waals surface area contributed by atoms with Crippen molar-refractivity contribution in [3.05, 3.63) is 58.2 Å². The second-order valence-electron chi connectivity index (χ2n) is 7.72. The fraction of sp³-hybridized carbons (Fsp3) is 0.435. The first-order valence-electron chi connectivity index (χ1n) is 10.1. The Hall–Kier alpha value is -2.96. The number of benzene rings is 1. The van der Waals surface area contributed by atoms with Crippen molar-refractivity contribution in [2.75, 3.05) is 13.7 Å². The van der Waals surface area contributed by atoms with Gasteiger partial charge in [0.15, 0.2) is 5.78 Å². The lowest BCUT2D eigenvalue weighted by Gasteiger charge is -2.38. The fourth-order valence-electron chi connectivity index (χ4n) is 4.21. The average Bonchev–Trinajstić information content (AvgIpc) is 2.71. The third-order valence-electron chi connectivity index (χ3n) is 5.60. The van der Waals surface area contributed by atoms with Gasteiger partial charge < -0.3 is 14.8 Å². The summed E-state index contributed by atoms with van der Waals surface area (Å²) >= 11 is 0. The topological polar surface area (TPSA) is 81.7 Å². The number of Topliss-reactive ketones (excluding diaryl/α,β-unsaturated/α-hetero) is 1. The molecule has 1 aliphatic heterocycles. The number of hydrogen-bond donors (Lipinski definition) is 1. The van der Waals surface area contributed by atoms with E-state index in [9.17, 15) is 18.8 Å². The molecule has 1 heterocycles. The molecule has 2 aliphatic rings. The molecule has 7 heteroatoms. The molecule has 1 aliphatic carbocycles. The van der Waals surface area contributed by atoms with Gasteiger partial charge in [0, 0.05) is 22.9 Å². The third-order valence-corrected chi connectivity index (χ3v) is 5.60. The maximum atomic E-state index is 13.6. The highest BCUT2D eigenvalue weighted by Crippen LogP contribution is 2.45. The number of allylic oxidation sites excluding steroid dienone is 3. The number of methoxy groups -OCH3 is 1. The molecule has 0 bridgehead atoms. The van der Waals surface area contributed by atoms with Crippen molar-refractivity contribution in [1.29, 1.82) is 0 Å². The molecule has 6 nitrogen and oxygen atoms in total. The molecule has 1 N–H and O–H groups in total. The van der Waals surface area contributed by atoms with Crippen LogP contribution in [0.3, 0.4) is 0 Å². The van der Waals surface area contributed by atoms with Crippen molar-refractivity contribution in [1.82, 2.24) is 5.32 Å². The quantitative estimate of drug-likeness (QED) is 0.586. The van der Waals surface area contributed by atoms with E-state index in [2.05, 4.69) is 5.32 Å². The van der Waals surface area contributed by atoms with Gasteiger partial charge in [-0.2, -0.15) is 0 Å². The largest absolute Gasteiger partial charge is 0.468 e. The van der Waals surface area contributed by atoms with Gasteiger partial charge in [0.2, 0.25) is 0 Å². The molecule has 0 aromatic heterocycles. The number of halogens is 1. The monoisotopic (exact) mass is 415 g/mol. The van der Waals surface area contributed by atoms with Gasteiger partial charge >= 0.3 is 11.9 Å². The molecule has 160 valence electrons. The minimum Gasteiger partial charge on any atom is -0.468 e. The summed E-state index contributed by atoms with van der Waals surface area (Å²) in [7, 11) is 1.25. The molecule has 0 fully saturated rings. The molecule has 0 amide bonds. The summed E-state index contributed by atoms with van der Waals surface area (Å²) in [4.78, 5) is 38.7. The van der Waals surface area contributed by atoms with E-state index >= 15 is 0 Å². The lowest BCUT2D eigenvalue weighted by atomic mass is 9.69. The van der Waals surface area contributed by atoms with Crippen LogP contribution in [-0.4, -0.2) is 31.4 Å². The molecule has 0 saturated carbocycles. The van der Waals surface area contributed by atoms with Crippen molar-refractivity contribution in [3.8, 4) is 0 Å². The zero-order valence-corrected chi connectivity index (χ0v) is 17.6. The number of carbonyl (C=O) groups excluding carboxylic acids is 3. The summed E-state index contributed by atoms with van der Waals surface area (Å²) < 4.78 is 23.8. The molecular weight excluding hydrogens is 389 g/mol. The van der Waals surface area contributed by atoms with Gasteiger partial charge in [-0.05, 0) is 43.4 Å². The van der Waals surface area contributed by atoms with Crippen LogP contribution in [0.5, 0.6) is 0 Å². The maximum Gasteiger partial charge on any atom is 0.336 e. The lowest BCUT2D eigenvalue weighted by Crippen LogP contribution is -2.43. The highest BCUT2D eigenvalue weighted by molar-refractivity contribution is 6.12. The van der Waals surface area contributed by atoms with Gasteiger partial charge in [-0.1, -0.05) is 26.0 Å². The summed E-state index contributed by atoms with van der Waals surface area (Å²) in [5.41, 5.74) is 2.47. The van der Waals surface area contributed by atoms with Crippen molar-refractivity contribution in [3.63, 3.8) is 0 Å². The molecular formula is C23H26FNO5. The van der Waals surface area contributed by atoms with Crippen LogP contribution in [0.15, 0.2) is 46.8 Å². The van der Waals surface area contributed by atoms with E-state index < -0.39 is 29.6 Å². The van der Waals surface area contributed by atoms with Gasteiger partial charge in [-0.3, -0.25) is 9.59 Å². The highest BCUT2D eigenvalue weighted by atomic mass is 19.1. The molecule has 0 unspecified atom stereocenters. The zero-order chi connectivity index (χ0) is 22.0. The van der Waals surface area contributed by atoms with Crippen molar-refractivity contribution in [2.45, 2.75) is 39.5 Å². The first-order chi connectivity index (χ1) is 14.3. The van der Waals surface area contributed by atoms with Gasteiger partial charge in [0.05, 0.1) is 19.3 Å². The van der Waals surface area contributed by atoms with E-state index in [0.717, 1.165) is 0 Å². The summed E-state index contributed by atoms with van der Waals surface area (Å²) in [6.07, 6.45) is 1.11. The van der Waals surface area contributed by atoms with Crippen molar-refractivity contribution in [2.24, 2.45) is 11.8 Å². The number of nitrogens with one attached hydrogen (secondary N) is 1. The first-order valence-corrected chi connectivity index (χ1v) is 10.1. The Balaban J connectivity index is 2.15. The number of ether oxygens (including phenoxy) is 2. The molecule has 30 heavy (non-hydrogen) atoms.